The number of para-hydroxylation sites is 2. The van der Waals surface area contributed by atoms with E-state index >= 15 is 0 Å². The molecule has 0 N–H and O–H groups in total. The Bertz CT molecular complexity index is 3520. The van der Waals surface area contributed by atoms with Gasteiger partial charge in [-0.2, -0.15) is 0 Å². The highest BCUT2D eigenvalue weighted by Crippen LogP contribution is 2.46. The van der Waals surface area contributed by atoms with Crippen molar-refractivity contribution in [2.24, 2.45) is 9.98 Å². The van der Waals surface area contributed by atoms with E-state index in [0.29, 0.717) is 12.3 Å². The summed E-state index contributed by atoms with van der Waals surface area (Å²) in [6, 6.07) is 81.9. The summed E-state index contributed by atoms with van der Waals surface area (Å²) in [7, 11) is 0. The average molecular weight is 860 g/mol. The number of amidine groups is 1. The molecule has 0 bridgehead atoms. The van der Waals surface area contributed by atoms with E-state index in [1.54, 1.807) is 0 Å². The molecule has 1 atom stereocenters. The van der Waals surface area contributed by atoms with E-state index in [-0.39, 0.29) is 5.92 Å². The maximum Gasteiger partial charge on any atom is 0.160 e. The number of rotatable bonds is 8. The Morgan fingerprint density at radius 3 is 1.73 bits per heavy atom. The van der Waals surface area contributed by atoms with Crippen LogP contribution in [-0.2, 0) is 6.42 Å². The summed E-state index contributed by atoms with van der Waals surface area (Å²) in [5, 5.41) is 2.48. The second-order valence-electron chi connectivity index (χ2n) is 17.8. The Labute approximate surface area is 392 Å². The van der Waals surface area contributed by atoms with Crippen molar-refractivity contribution in [1.82, 2.24) is 4.57 Å². The van der Waals surface area contributed by atoms with Crippen molar-refractivity contribution in [3.63, 3.8) is 0 Å². The number of aryl methyl sites for hydroxylation is 1. The molecule has 0 saturated carbocycles. The predicted octanol–water partition coefficient (Wildman–Crippen LogP) is 16.3. The van der Waals surface area contributed by atoms with Crippen molar-refractivity contribution < 1.29 is 0 Å². The van der Waals surface area contributed by atoms with Crippen LogP contribution in [0.5, 0.6) is 0 Å². The van der Waals surface area contributed by atoms with Crippen molar-refractivity contribution in [3.8, 4) is 39.1 Å². The molecule has 3 nitrogen and oxygen atoms in total. The highest BCUT2D eigenvalue weighted by atomic mass is 15.0. The van der Waals surface area contributed by atoms with Gasteiger partial charge in [-0.3, -0.25) is 0 Å². The van der Waals surface area contributed by atoms with E-state index in [4.69, 9.17) is 9.98 Å². The Morgan fingerprint density at radius 1 is 0.448 bits per heavy atom. The van der Waals surface area contributed by atoms with Gasteiger partial charge in [-0.25, -0.2) is 9.98 Å². The highest BCUT2D eigenvalue weighted by Gasteiger charge is 2.28. The fourth-order valence-corrected chi connectivity index (χ4v) is 10.8. The van der Waals surface area contributed by atoms with Gasteiger partial charge in [-0.1, -0.05) is 195 Å². The summed E-state index contributed by atoms with van der Waals surface area (Å²) in [4.78, 5) is 11.3. The van der Waals surface area contributed by atoms with Crippen LogP contribution < -0.4 is 0 Å². The van der Waals surface area contributed by atoms with Crippen molar-refractivity contribution >= 4 is 39.1 Å². The van der Waals surface area contributed by atoms with Crippen LogP contribution in [-0.4, -0.2) is 16.1 Å². The third-order valence-electron chi connectivity index (χ3n) is 14.0. The zero-order valence-electron chi connectivity index (χ0n) is 37.6. The molecule has 320 valence electrons. The van der Waals surface area contributed by atoms with Crippen molar-refractivity contribution in [1.29, 1.82) is 0 Å². The van der Waals surface area contributed by atoms with Gasteiger partial charge in [0.1, 0.15) is 0 Å². The molecule has 12 rings (SSSR count). The Balaban J connectivity index is 1.07. The van der Waals surface area contributed by atoms with E-state index in [2.05, 4.69) is 236 Å². The summed E-state index contributed by atoms with van der Waals surface area (Å²) < 4.78 is 2.42. The summed E-state index contributed by atoms with van der Waals surface area (Å²) in [5.41, 5.74) is 21.5. The smallest absolute Gasteiger partial charge is 0.160 e. The van der Waals surface area contributed by atoms with Crippen molar-refractivity contribution in [2.75, 3.05) is 0 Å². The van der Waals surface area contributed by atoms with Gasteiger partial charge in [0.15, 0.2) is 5.84 Å². The molecule has 9 aromatic carbocycles. The van der Waals surface area contributed by atoms with Crippen LogP contribution in [0.2, 0.25) is 0 Å². The van der Waals surface area contributed by atoms with Crippen LogP contribution in [0.3, 0.4) is 0 Å². The molecule has 0 radical (unpaired) electrons. The summed E-state index contributed by atoms with van der Waals surface area (Å²) >= 11 is 0. The lowest BCUT2D eigenvalue weighted by atomic mass is 9.81. The fraction of sp³-hybridized carbons (Fsp3) is 0.0938. The minimum Gasteiger partial charge on any atom is -0.309 e. The lowest BCUT2D eigenvalue weighted by Crippen LogP contribution is -2.07. The molecular formula is C64H49N3. The van der Waals surface area contributed by atoms with Gasteiger partial charge in [0.2, 0.25) is 0 Å². The van der Waals surface area contributed by atoms with Gasteiger partial charge in [0.05, 0.1) is 28.1 Å². The second-order valence-corrected chi connectivity index (χ2v) is 17.8. The van der Waals surface area contributed by atoms with Gasteiger partial charge < -0.3 is 4.57 Å². The molecule has 1 aliphatic heterocycles. The van der Waals surface area contributed by atoms with E-state index in [1.165, 1.54) is 66.3 Å². The standard InChI is InChI=1S/C64H49N3/c1-2-43-42-59(47-25-10-5-11-26-47)65-64(49-36-39-62(57(41-49)45-22-8-4-9-23-45)67-60-32-18-16-30-55(60)56-31-17-19-33-61(56)67)66-63(43)48-35-37-51(44-20-6-3-7-21-44)58(40-48)54-38-34-46-24-12-13-27-50(46)52-28-14-15-29-53(52)54/h3-33,35-37,39-41,54H,2,34,38,42H2,1H3/t54-/m0/s1. The molecule has 0 spiro atoms. The summed E-state index contributed by atoms with van der Waals surface area (Å²) in [6.07, 6.45) is 3.55. The van der Waals surface area contributed by atoms with E-state index in [9.17, 15) is 0 Å². The molecule has 67 heavy (non-hydrogen) atoms. The molecule has 0 saturated heterocycles. The number of hydrogen-bond acceptors (Lipinski definition) is 2. The molecule has 1 aromatic heterocycles. The predicted molar refractivity (Wildman–Crippen MR) is 281 cm³/mol. The van der Waals surface area contributed by atoms with E-state index in [1.807, 2.05) is 0 Å². The first-order valence-corrected chi connectivity index (χ1v) is 23.7. The van der Waals surface area contributed by atoms with Crippen LogP contribution in [0.1, 0.15) is 65.5 Å². The Hall–Kier alpha value is -8.14. The number of allylic oxidation sites excluding steroid dienone is 1. The highest BCUT2D eigenvalue weighted by molar-refractivity contribution is 6.16. The first-order valence-electron chi connectivity index (χ1n) is 23.7. The largest absolute Gasteiger partial charge is 0.309 e. The number of nitrogens with zero attached hydrogens (tertiary/aromatic N) is 3. The molecule has 0 fully saturated rings. The van der Waals surface area contributed by atoms with Gasteiger partial charge in [-0.05, 0) is 111 Å². The summed E-state index contributed by atoms with van der Waals surface area (Å²) in [5.74, 6) is 0.892. The van der Waals surface area contributed by atoms with Crippen molar-refractivity contribution in [2.45, 2.75) is 38.5 Å². The minimum atomic E-state index is 0.177. The number of hydrogen-bond donors (Lipinski definition) is 0. The maximum atomic E-state index is 5.76. The van der Waals surface area contributed by atoms with E-state index < -0.39 is 0 Å². The number of aromatic nitrogens is 1. The minimum absolute atomic E-state index is 0.177. The first-order chi connectivity index (χ1) is 33.2. The molecule has 0 amide bonds. The van der Waals surface area contributed by atoms with Gasteiger partial charge in [-0.15, -0.1) is 0 Å². The van der Waals surface area contributed by atoms with Gasteiger partial charge in [0.25, 0.3) is 0 Å². The van der Waals surface area contributed by atoms with Crippen LogP contribution in [0, 0.1) is 0 Å². The normalized spacial score (nSPS) is 14.8. The Morgan fingerprint density at radius 2 is 1.03 bits per heavy atom. The van der Waals surface area contributed by atoms with Crippen LogP contribution >= 0.6 is 0 Å². The zero-order valence-corrected chi connectivity index (χ0v) is 37.6. The monoisotopic (exact) mass is 859 g/mol. The van der Waals surface area contributed by atoms with Crippen molar-refractivity contribution in [3.05, 3.63) is 263 Å². The maximum absolute atomic E-state index is 5.76. The topological polar surface area (TPSA) is 29.6 Å². The third kappa shape index (κ3) is 7.34. The number of benzene rings is 9. The lowest BCUT2D eigenvalue weighted by molar-refractivity contribution is 0.727. The zero-order chi connectivity index (χ0) is 44.7. The molecule has 3 heteroatoms. The van der Waals surface area contributed by atoms with Gasteiger partial charge in [0, 0.05) is 39.8 Å². The van der Waals surface area contributed by atoms with Crippen LogP contribution in [0.25, 0.3) is 66.6 Å². The molecule has 10 aromatic rings. The molecule has 0 unspecified atom stereocenters. The quantitative estimate of drug-likeness (QED) is 0.146. The fourth-order valence-electron chi connectivity index (χ4n) is 10.8. The van der Waals surface area contributed by atoms with Crippen LogP contribution in [0.4, 0.5) is 0 Å². The molecule has 2 heterocycles. The SMILES string of the molecule is CCC1=C(c2ccc(-c3ccccc3)c([C@H]3CCc4ccccc4-c4ccccc43)c2)N=C(c2ccc(-n3c4ccccc4c4ccccc43)c(-c3ccccc3)c2)N=C(c2ccccc2)C1. The first kappa shape index (κ1) is 40.4. The van der Waals surface area contributed by atoms with Crippen LogP contribution in [0.15, 0.2) is 240 Å². The molecular weight excluding hydrogens is 811 g/mol. The molecule has 1 aliphatic carbocycles. The number of aliphatic imine (C=N–C) groups is 2. The molecule has 2 aliphatic rings. The van der Waals surface area contributed by atoms with E-state index in [0.717, 1.165) is 64.2 Å². The third-order valence-corrected chi connectivity index (χ3v) is 14.0. The summed E-state index contributed by atoms with van der Waals surface area (Å²) in [6.45, 7) is 2.27. The Kier molecular flexibility index (Phi) is 10.5. The van der Waals surface area contributed by atoms with Gasteiger partial charge >= 0.3 is 0 Å². The second kappa shape index (κ2) is 17.3. The lowest BCUT2D eigenvalue weighted by Gasteiger charge is -2.23. The number of fused-ring (bicyclic) bond motifs is 6. The average Bonchev–Trinajstić information content (AvgIpc) is 3.49.